The number of amides is 1. The van der Waals surface area contributed by atoms with Crippen LogP contribution in [0.4, 0.5) is 5.69 Å². The first-order valence-electron chi connectivity index (χ1n) is 6.24. The van der Waals surface area contributed by atoms with Gasteiger partial charge in [0.1, 0.15) is 0 Å². The fourth-order valence-electron chi connectivity index (χ4n) is 2.15. The molecule has 2 aromatic rings. The SMILES string of the molecule is O=C(NCc1cccnn1)c1ccc2c(c1)CCN2. The maximum absolute atomic E-state index is 12.0. The van der Waals surface area contributed by atoms with E-state index in [9.17, 15) is 4.79 Å². The number of benzene rings is 1. The number of aromatic nitrogens is 2. The molecule has 2 heterocycles. The smallest absolute Gasteiger partial charge is 0.251 e. The van der Waals surface area contributed by atoms with Gasteiger partial charge < -0.3 is 10.6 Å². The Balaban J connectivity index is 1.67. The molecule has 3 rings (SSSR count). The fourth-order valence-corrected chi connectivity index (χ4v) is 2.15. The number of nitrogens with zero attached hydrogens (tertiary/aromatic N) is 2. The minimum Gasteiger partial charge on any atom is -0.384 e. The number of rotatable bonds is 3. The average Bonchev–Trinajstić information content (AvgIpc) is 2.93. The van der Waals surface area contributed by atoms with Crippen molar-refractivity contribution in [3.8, 4) is 0 Å². The molecular formula is C14H14N4O. The first-order chi connectivity index (χ1) is 9.33. The summed E-state index contributed by atoms with van der Waals surface area (Å²) in [7, 11) is 0. The third kappa shape index (κ3) is 2.54. The van der Waals surface area contributed by atoms with E-state index in [1.165, 1.54) is 5.56 Å². The Labute approximate surface area is 111 Å². The lowest BCUT2D eigenvalue weighted by Gasteiger charge is -2.06. The molecule has 19 heavy (non-hydrogen) atoms. The Morgan fingerprint density at radius 1 is 1.37 bits per heavy atom. The number of nitrogens with one attached hydrogen (secondary N) is 2. The maximum Gasteiger partial charge on any atom is 0.251 e. The molecule has 5 nitrogen and oxygen atoms in total. The van der Waals surface area contributed by atoms with E-state index in [0.717, 1.165) is 24.3 Å². The van der Waals surface area contributed by atoms with Gasteiger partial charge in [-0.1, -0.05) is 0 Å². The van der Waals surface area contributed by atoms with Crippen LogP contribution in [0.3, 0.4) is 0 Å². The maximum atomic E-state index is 12.0. The fraction of sp³-hybridized carbons (Fsp3) is 0.214. The summed E-state index contributed by atoms with van der Waals surface area (Å²) in [6.07, 6.45) is 2.58. The Hall–Kier alpha value is -2.43. The molecule has 0 bridgehead atoms. The Bertz CT molecular complexity index is 598. The summed E-state index contributed by atoms with van der Waals surface area (Å²) in [6.45, 7) is 1.34. The normalized spacial score (nSPS) is 12.6. The highest BCUT2D eigenvalue weighted by atomic mass is 16.1. The van der Waals surface area contributed by atoms with E-state index in [-0.39, 0.29) is 5.91 Å². The van der Waals surface area contributed by atoms with E-state index in [0.29, 0.717) is 12.1 Å². The van der Waals surface area contributed by atoms with Crippen molar-refractivity contribution >= 4 is 11.6 Å². The van der Waals surface area contributed by atoms with E-state index in [2.05, 4.69) is 20.8 Å². The van der Waals surface area contributed by atoms with Gasteiger partial charge in [0, 0.05) is 24.0 Å². The topological polar surface area (TPSA) is 66.9 Å². The quantitative estimate of drug-likeness (QED) is 0.868. The first kappa shape index (κ1) is 11.6. The van der Waals surface area contributed by atoms with Gasteiger partial charge in [0.2, 0.25) is 0 Å². The lowest BCUT2D eigenvalue weighted by molar-refractivity contribution is 0.0950. The van der Waals surface area contributed by atoms with Crippen molar-refractivity contribution in [3.63, 3.8) is 0 Å². The van der Waals surface area contributed by atoms with Crippen LogP contribution in [0.5, 0.6) is 0 Å². The van der Waals surface area contributed by atoms with Crippen LogP contribution in [0.15, 0.2) is 36.5 Å². The monoisotopic (exact) mass is 254 g/mol. The molecule has 96 valence electrons. The molecule has 5 heteroatoms. The van der Waals surface area contributed by atoms with Crippen LogP contribution < -0.4 is 10.6 Å². The van der Waals surface area contributed by atoms with E-state index in [1.54, 1.807) is 12.3 Å². The first-order valence-corrected chi connectivity index (χ1v) is 6.24. The van der Waals surface area contributed by atoms with Gasteiger partial charge >= 0.3 is 0 Å². The molecule has 1 aromatic carbocycles. The van der Waals surface area contributed by atoms with Crippen molar-refractivity contribution in [3.05, 3.63) is 53.3 Å². The van der Waals surface area contributed by atoms with Crippen molar-refractivity contribution in [1.29, 1.82) is 0 Å². The van der Waals surface area contributed by atoms with Crippen LogP contribution in [0.25, 0.3) is 0 Å². The minimum absolute atomic E-state index is 0.0830. The number of carbonyl (C=O) groups excluding carboxylic acids is 1. The number of hydrogen-bond acceptors (Lipinski definition) is 4. The van der Waals surface area contributed by atoms with E-state index in [4.69, 9.17) is 0 Å². The van der Waals surface area contributed by atoms with Gasteiger partial charge in [0.25, 0.3) is 5.91 Å². The lowest BCUT2D eigenvalue weighted by atomic mass is 10.1. The highest BCUT2D eigenvalue weighted by molar-refractivity contribution is 5.95. The van der Waals surface area contributed by atoms with Gasteiger partial charge in [-0.05, 0) is 42.3 Å². The number of anilines is 1. The van der Waals surface area contributed by atoms with Crippen molar-refractivity contribution in [1.82, 2.24) is 15.5 Å². The molecule has 1 amide bonds. The number of fused-ring (bicyclic) bond motifs is 1. The van der Waals surface area contributed by atoms with Gasteiger partial charge in [0.15, 0.2) is 0 Å². The molecule has 2 N–H and O–H groups in total. The molecular weight excluding hydrogens is 240 g/mol. The van der Waals surface area contributed by atoms with Crippen molar-refractivity contribution in [2.45, 2.75) is 13.0 Å². The highest BCUT2D eigenvalue weighted by Crippen LogP contribution is 2.22. The summed E-state index contributed by atoms with van der Waals surface area (Å²) >= 11 is 0. The molecule has 0 spiro atoms. The third-order valence-electron chi connectivity index (χ3n) is 3.13. The summed E-state index contributed by atoms with van der Waals surface area (Å²) in [5.74, 6) is -0.0830. The standard InChI is InChI=1S/C14H14N4O/c19-14(16-9-12-2-1-6-17-18-12)11-3-4-13-10(8-11)5-7-15-13/h1-4,6,8,15H,5,7,9H2,(H,16,19). The van der Waals surface area contributed by atoms with Gasteiger partial charge in [-0.3, -0.25) is 4.79 Å². The van der Waals surface area contributed by atoms with E-state index in [1.807, 2.05) is 24.3 Å². The summed E-state index contributed by atoms with van der Waals surface area (Å²) < 4.78 is 0. The molecule has 1 aliphatic rings. The Morgan fingerprint density at radius 3 is 3.16 bits per heavy atom. The molecule has 0 saturated heterocycles. The number of hydrogen-bond donors (Lipinski definition) is 2. The van der Waals surface area contributed by atoms with Crippen LogP contribution >= 0.6 is 0 Å². The van der Waals surface area contributed by atoms with E-state index < -0.39 is 0 Å². The Kier molecular flexibility index (Phi) is 3.10. The van der Waals surface area contributed by atoms with Crippen molar-refractivity contribution in [2.24, 2.45) is 0 Å². The second-order valence-electron chi connectivity index (χ2n) is 4.45. The number of carbonyl (C=O) groups is 1. The van der Waals surface area contributed by atoms with Gasteiger partial charge in [0.05, 0.1) is 12.2 Å². The lowest BCUT2D eigenvalue weighted by Crippen LogP contribution is -2.23. The second-order valence-corrected chi connectivity index (χ2v) is 4.45. The summed E-state index contributed by atoms with van der Waals surface area (Å²) in [4.78, 5) is 12.0. The zero-order chi connectivity index (χ0) is 13.1. The molecule has 1 aromatic heterocycles. The molecule has 0 radical (unpaired) electrons. The molecule has 0 atom stereocenters. The minimum atomic E-state index is -0.0830. The molecule has 0 unspecified atom stereocenters. The molecule has 1 aliphatic heterocycles. The largest absolute Gasteiger partial charge is 0.384 e. The molecule has 0 saturated carbocycles. The summed E-state index contributed by atoms with van der Waals surface area (Å²) in [5.41, 5.74) is 3.77. The Morgan fingerprint density at radius 2 is 2.32 bits per heavy atom. The van der Waals surface area contributed by atoms with Crippen LogP contribution in [0, 0.1) is 0 Å². The predicted molar refractivity (Wildman–Crippen MR) is 71.8 cm³/mol. The predicted octanol–water partition coefficient (Wildman–Crippen LogP) is 1.37. The van der Waals surface area contributed by atoms with Crippen LogP contribution in [-0.4, -0.2) is 22.6 Å². The average molecular weight is 254 g/mol. The molecule has 0 aliphatic carbocycles. The van der Waals surface area contributed by atoms with Crippen molar-refractivity contribution in [2.75, 3.05) is 11.9 Å². The van der Waals surface area contributed by atoms with Gasteiger partial charge in [-0.2, -0.15) is 10.2 Å². The molecule has 0 fully saturated rings. The zero-order valence-electron chi connectivity index (χ0n) is 10.4. The van der Waals surface area contributed by atoms with Crippen LogP contribution in [0.2, 0.25) is 0 Å². The second kappa shape index (κ2) is 5.06. The highest BCUT2D eigenvalue weighted by Gasteiger charge is 2.13. The van der Waals surface area contributed by atoms with Crippen LogP contribution in [-0.2, 0) is 13.0 Å². The summed E-state index contributed by atoms with van der Waals surface area (Å²) in [5, 5.41) is 13.8. The summed E-state index contributed by atoms with van der Waals surface area (Å²) in [6, 6.07) is 9.37. The van der Waals surface area contributed by atoms with E-state index >= 15 is 0 Å². The van der Waals surface area contributed by atoms with Crippen LogP contribution in [0.1, 0.15) is 21.6 Å². The van der Waals surface area contributed by atoms with Gasteiger partial charge in [-0.25, -0.2) is 0 Å². The van der Waals surface area contributed by atoms with Crippen molar-refractivity contribution < 1.29 is 4.79 Å². The third-order valence-corrected chi connectivity index (χ3v) is 3.13. The zero-order valence-corrected chi connectivity index (χ0v) is 10.4. The van der Waals surface area contributed by atoms with Gasteiger partial charge in [-0.15, -0.1) is 0 Å².